The van der Waals surface area contributed by atoms with Gasteiger partial charge in [-0.3, -0.25) is 9.59 Å². The van der Waals surface area contributed by atoms with Crippen LogP contribution in [0.15, 0.2) is 28.8 Å². The molecule has 0 aliphatic carbocycles. The van der Waals surface area contributed by atoms with Crippen LogP contribution in [0.1, 0.15) is 22.6 Å². The van der Waals surface area contributed by atoms with Gasteiger partial charge < -0.3 is 14.9 Å². The molecule has 0 aliphatic heterocycles. The molecule has 0 fully saturated rings. The second kappa shape index (κ2) is 6.21. The number of aromatic nitrogens is 1. The number of amides is 1. The number of benzene rings is 1. The molecular weight excluding hydrogens is 272 g/mol. The molecular formula is C15H16N2O4. The predicted molar refractivity (Wildman–Crippen MR) is 76.1 cm³/mol. The molecule has 21 heavy (non-hydrogen) atoms. The molecule has 0 unspecified atom stereocenters. The molecule has 6 heteroatoms. The van der Waals surface area contributed by atoms with Crippen LogP contribution in [0.2, 0.25) is 0 Å². The van der Waals surface area contributed by atoms with E-state index in [0.717, 1.165) is 5.56 Å². The summed E-state index contributed by atoms with van der Waals surface area (Å²) in [6.45, 7) is 3.53. The molecule has 2 aromatic rings. The van der Waals surface area contributed by atoms with Crippen LogP contribution in [0.25, 0.3) is 0 Å². The highest BCUT2D eigenvalue weighted by Gasteiger charge is 2.15. The number of carboxylic acids is 1. The summed E-state index contributed by atoms with van der Waals surface area (Å²) >= 11 is 0. The minimum Gasteiger partial charge on any atom is -0.481 e. The lowest BCUT2D eigenvalue weighted by molar-refractivity contribution is -0.136. The average molecular weight is 288 g/mol. The number of hydrogen-bond donors (Lipinski definition) is 2. The van der Waals surface area contributed by atoms with Crippen molar-refractivity contribution in [1.29, 1.82) is 0 Å². The van der Waals surface area contributed by atoms with Crippen molar-refractivity contribution in [3.8, 4) is 0 Å². The molecule has 0 atom stereocenters. The van der Waals surface area contributed by atoms with E-state index in [1.54, 1.807) is 38.1 Å². The predicted octanol–water partition coefficient (Wildman–Crippen LogP) is 2.10. The van der Waals surface area contributed by atoms with Gasteiger partial charge in [0.05, 0.1) is 18.5 Å². The summed E-state index contributed by atoms with van der Waals surface area (Å²) in [7, 11) is 0. The van der Waals surface area contributed by atoms with Crippen LogP contribution in [-0.2, 0) is 22.4 Å². The molecule has 0 saturated carbocycles. The molecule has 1 amide bonds. The van der Waals surface area contributed by atoms with Crippen LogP contribution >= 0.6 is 0 Å². The Balaban J connectivity index is 2.11. The van der Waals surface area contributed by atoms with Crippen LogP contribution in [0.4, 0.5) is 5.69 Å². The van der Waals surface area contributed by atoms with Crippen molar-refractivity contribution in [2.24, 2.45) is 0 Å². The van der Waals surface area contributed by atoms with Crippen molar-refractivity contribution in [1.82, 2.24) is 5.16 Å². The Kier molecular flexibility index (Phi) is 4.37. The van der Waals surface area contributed by atoms with Crippen LogP contribution in [0.5, 0.6) is 0 Å². The Hall–Kier alpha value is -2.63. The Morgan fingerprint density at radius 3 is 2.57 bits per heavy atom. The molecule has 6 nitrogen and oxygen atoms in total. The molecule has 1 aromatic heterocycles. The van der Waals surface area contributed by atoms with Crippen LogP contribution in [0.3, 0.4) is 0 Å². The summed E-state index contributed by atoms with van der Waals surface area (Å²) in [5.74, 6) is -0.564. The number of nitrogens with one attached hydrogen (secondary N) is 1. The summed E-state index contributed by atoms with van der Waals surface area (Å²) < 4.78 is 5.02. The van der Waals surface area contributed by atoms with Gasteiger partial charge in [0.25, 0.3) is 0 Å². The minimum absolute atomic E-state index is 0.137. The zero-order valence-electron chi connectivity index (χ0n) is 11.8. The number of hydrogen-bond acceptors (Lipinski definition) is 4. The van der Waals surface area contributed by atoms with E-state index < -0.39 is 5.97 Å². The molecule has 2 N–H and O–H groups in total. The molecule has 1 aromatic carbocycles. The van der Waals surface area contributed by atoms with E-state index in [0.29, 0.717) is 22.7 Å². The SMILES string of the molecule is Cc1noc(C)c1CC(=O)Nc1ccccc1CC(=O)O. The first kappa shape index (κ1) is 14.8. The van der Waals surface area contributed by atoms with Gasteiger partial charge in [-0.2, -0.15) is 0 Å². The minimum atomic E-state index is -0.942. The van der Waals surface area contributed by atoms with Gasteiger partial charge in [0.15, 0.2) is 0 Å². The van der Waals surface area contributed by atoms with Crippen molar-refractivity contribution in [2.75, 3.05) is 5.32 Å². The van der Waals surface area contributed by atoms with E-state index in [2.05, 4.69) is 10.5 Å². The number of nitrogens with zero attached hydrogens (tertiary/aromatic N) is 1. The van der Waals surface area contributed by atoms with E-state index in [-0.39, 0.29) is 18.7 Å². The van der Waals surface area contributed by atoms with Crippen molar-refractivity contribution >= 4 is 17.6 Å². The lowest BCUT2D eigenvalue weighted by atomic mass is 10.1. The number of anilines is 1. The molecule has 0 bridgehead atoms. The van der Waals surface area contributed by atoms with Gasteiger partial charge in [0.1, 0.15) is 5.76 Å². The van der Waals surface area contributed by atoms with Crippen LogP contribution in [0, 0.1) is 13.8 Å². The first-order valence-corrected chi connectivity index (χ1v) is 6.48. The van der Waals surface area contributed by atoms with E-state index in [4.69, 9.17) is 9.63 Å². The highest BCUT2D eigenvalue weighted by atomic mass is 16.5. The van der Waals surface area contributed by atoms with Gasteiger partial charge in [-0.1, -0.05) is 23.4 Å². The van der Waals surface area contributed by atoms with Gasteiger partial charge in [-0.25, -0.2) is 0 Å². The number of aliphatic carboxylic acids is 1. The summed E-state index contributed by atoms with van der Waals surface area (Å²) in [4.78, 5) is 22.9. The quantitative estimate of drug-likeness (QED) is 0.879. The van der Waals surface area contributed by atoms with Crippen molar-refractivity contribution in [2.45, 2.75) is 26.7 Å². The molecule has 2 rings (SSSR count). The zero-order valence-corrected chi connectivity index (χ0v) is 11.8. The van der Waals surface area contributed by atoms with Crippen molar-refractivity contribution in [3.05, 3.63) is 46.8 Å². The molecule has 0 spiro atoms. The van der Waals surface area contributed by atoms with Gasteiger partial charge >= 0.3 is 5.97 Å². The van der Waals surface area contributed by atoms with E-state index >= 15 is 0 Å². The number of carbonyl (C=O) groups excluding carboxylic acids is 1. The number of aryl methyl sites for hydroxylation is 2. The standard InChI is InChI=1S/C15H16N2O4/c1-9-12(10(2)21-17-9)8-14(18)16-13-6-4-3-5-11(13)7-15(19)20/h3-6H,7-8H2,1-2H3,(H,16,18)(H,19,20). The summed E-state index contributed by atoms with van der Waals surface area (Å²) in [6.07, 6.45) is 0.00431. The number of rotatable bonds is 5. The largest absolute Gasteiger partial charge is 0.481 e. The summed E-state index contributed by atoms with van der Waals surface area (Å²) in [5.41, 5.74) is 2.51. The topological polar surface area (TPSA) is 92.4 Å². The average Bonchev–Trinajstić information content (AvgIpc) is 2.72. The maximum atomic E-state index is 12.1. The summed E-state index contributed by atoms with van der Waals surface area (Å²) in [6, 6.07) is 6.85. The number of carboxylic acid groups (broad SMARTS) is 1. The molecule has 0 aliphatic rings. The van der Waals surface area contributed by atoms with Crippen molar-refractivity contribution < 1.29 is 19.2 Å². The fourth-order valence-corrected chi connectivity index (χ4v) is 2.07. The summed E-state index contributed by atoms with van der Waals surface area (Å²) in [5, 5.41) is 15.4. The van der Waals surface area contributed by atoms with Gasteiger partial charge in [0.2, 0.25) is 5.91 Å². The first-order valence-electron chi connectivity index (χ1n) is 6.48. The van der Waals surface area contributed by atoms with E-state index in [1.807, 2.05) is 0 Å². The Labute approximate surface area is 121 Å². The fraction of sp³-hybridized carbons (Fsp3) is 0.267. The lowest BCUT2D eigenvalue weighted by Crippen LogP contribution is -2.17. The highest BCUT2D eigenvalue weighted by molar-refractivity contribution is 5.93. The molecule has 0 saturated heterocycles. The monoisotopic (exact) mass is 288 g/mol. The fourth-order valence-electron chi connectivity index (χ4n) is 2.07. The zero-order chi connectivity index (χ0) is 15.4. The van der Waals surface area contributed by atoms with E-state index in [9.17, 15) is 9.59 Å². The van der Waals surface area contributed by atoms with Gasteiger partial charge in [-0.05, 0) is 25.5 Å². The van der Waals surface area contributed by atoms with Crippen LogP contribution < -0.4 is 5.32 Å². The number of carbonyl (C=O) groups is 2. The highest BCUT2D eigenvalue weighted by Crippen LogP contribution is 2.18. The maximum absolute atomic E-state index is 12.1. The van der Waals surface area contributed by atoms with E-state index in [1.165, 1.54) is 0 Å². The van der Waals surface area contributed by atoms with Crippen molar-refractivity contribution in [3.63, 3.8) is 0 Å². The molecule has 0 radical (unpaired) electrons. The third-order valence-corrected chi connectivity index (χ3v) is 3.15. The Morgan fingerprint density at radius 2 is 1.95 bits per heavy atom. The number of para-hydroxylation sites is 1. The lowest BCUT2D eigenvalue weighted by Gasteiger charge is -2.09. The second-order valence-electron chi connectivity index (χ2n) is 4.76. The Bertz CT molecular complexity index is 657. The van der Waals surface area contributed by atoms with Gasteiger partial charge in [0, 0.05) is 11.3 Å². The third kappa shape index (κ3) is 3.68. The molecule has 110 valence electrons. The van der Waals surface area contributed by atoms with Crippen LogP contribution in [-0.4, -0.2) is 22.1 Å². The third-order valence-electron chi connectivity index (χ3n) is 3.15. The first-order chi connectivity index (χ1) is 9.97. The Morgan fingerprint density at radius 1 is 1.24 bits per heavy atom. The second-order valence-corrected chi connectivity index (χ2v) is 4.76. The molecule has 1 heterocycles. The normalized spacial score (nSPS) is 10.4. The smallest absolute Gasteiger partial charge is 0.307 e. The maximum Gasteiger partial charge on any atom is 0.307 e. The van der Waals surface area contributed by atoms with Gasteiger partial charge in [-0.15, -0.1) is 0 Å².